The third-order valence-electron chi connectivity index (χ3n) is 0.592. The molecule has 0 aromatic heterocycles. The lowest BCUT2D eigenvalue weighted by Crippen LogP contribution is -2.03. The van der Waals surface area contributed by atoms with E-state index in [0.717, 1.165) is 0 Å². The first kappa shape index (κ1) is 7.69. The summed E-state index contributed by atoms with van der Waals surface area (Å²) in [5.74, 6) is 0.0993. The van der Waals surface area contributed by atoms with E-state index in [4.69, 9.17) is 11.6 Å². The molecule has 42 valence electrons. The molecule has 0 N–H and O–H groups in total. The van der Waals surface area contributed by atoms with Crippen LogP contribution in [-0.4, -0.2) is 9.17 Å². The molecule has 1 atom stereocenters. The summed E-state index contributed by atoms with van der Waals surface area (Å²) in [6, 6.07) is 0. The lowest BCUT2D eigenvalue weighted by molar-refractivity contribution is -0.116. The van der Waals surface area contributed by atoms with E-state index in [9.17, 15) is 4.79 Å². The second-order valence-corrected chi connectivity index (χ2v) is 3.54. The molecular weight excluding hydrogens is 226 g/mol. The van der Waals surface area contributed by atoms with Gasteiger partial charge in [0.15, 0.2) is 5.78 Å². The summed E-state index contributed by atoms with van der Waals surface area (Å²) < 4.78 is -0.331. The molecule has 0 aliphatic heterocycles. The van der Waals surface area contributed by atoms with Gasteiger partial charge in [-0.3, -0.25) is 4.79 Å². The van der Waals surface area contributed by atoms with Crippen molar-refractivity contribution in [1.82, 2.24) is 0 Å². The Morgan fingerprint density at radius 1 is 2.00 bits per heavy atom. The van der Waals surface area contributed by atoms with E-state index in [1.807, 2.05) is 22.6 Å². The summed E-state index contributed by atoms with van der Waals surface area (Å²) in [5.41, 5.74) is 0. The zero-order valence-electron chi connectivity index (χ0n) is 3.95. The second kappa shape index (κ2) is 3.66. The predicted molar refractivity (Wildman–Crippen MR) is 39.0 cm³/mol. The number of alkyl halides is 2. The van der Waals surface area contributed by atoms with Gasteiger partial charge in [0.05, 0.1) is 0 Å². The third kappa shape index (κ3) is 3.29. The van der Waals surface area contributed by atoms with Crippen LogP contribution in [0.2, 0.25) is 0 Å². The summed E-state index contributed by atoms with van der Waals surface area (Å²) >= 11 is 7.25. The van der Waals surface area contributed by atoms with Gasteiger partial charge in [0, 0.05) is 6.42 Å². The summed E-state index contributed by atoms with van der Waals surface area (Å²) in [5, 5.41) is 0. The van der Waals surface area contributed by atoms with Gasteiger partial charge in [0.2, 0.25) is 0 Å². The molecule has 0 heterocycles. The van der Waals surface area contributed by atoms with E-state index < -0.39 is 0 Å². The van der Waals surface area contributed by atoms with Gasteiger partial charge in [-0.1, -0.05) is 29.5 Å². The van der Waals surface area contributed by atoms with Crippen LogP contribution in [0, 0.1) is 0 Å². The van der Waals surface area contributed by atoms with Crippen molar-refractivity contribution >= 4 is 40.0 Å². The summed E-state index contributed by atoms with van der Waals surface area (Å²) in [4.78, 5) is 10.4. The minimum Gasteiger partial charge on any atom is -0.297 e. The molecule has 0 bridgehead atoms. The first-order chi connectivity index (χ1) is 3.18. The maximum atomic E-state index is 10.4. The monoisotopic (exact) mass is 232 g/mol. The van der Waals surface area contributed by atoms with Gasteiger partial charge in [-0.2, -0.15) is 0 Å². The van der Waals surface area contributed by atoms with Crippen LogP contribution < -0.4 is 0 Å². The molecule has 0 saturated heterocycles. The van der Waals surface area contributed by atoms with E-state index in [-0.39, 0.29) is 9.17 Å². The van der Waals surface area contributed by atoms with Gasteiger partial charge in [0.25, 0.3) is 0 Å². The van der Waals surface area contributed by atoms with Crippen LogP contribution in [0.15, 0.2) is 0 Å². The minimum atomic E-state index is -0.331. The van der Waals surface area contributed by atoms with Crippen molar-refractivity contribution in [3.05, 3.63) is 0 Å². The fraction of sp³-hybridized carbons (Fsp3) is 0.750. The van der Waals surface area contributed by atoms with Crippen LogP contribution in [0.3, 0.4) is 0 Å². The molecule has 0 spiro atoms. The first-order valence-electron chi connectivity index (χ1n) is 1.99. The van der Waals surface area contributed by atoms with Gasteiger partial charge in [-0.05, 0) is 0 Å². The SMILES string of the molecule is CCC(=O)C(Cl)I. The Morgan fingerprint density at radius 2 is 2.43 bits per heavy atom. The molecule has 0 aromatic rings. The van der Waals surface area contributed by atoms with E-state index in [0.29, 0.717) is 6.42 Å². The van der Waals surface area contributed by atoms with Crippen LogP contribution in [0.1, 0.15) is 13.3 Å². The summed E-state index contributed by atoms with van der Waals surface area (Å²) in [7, 11) is 0. The number of hydrogen-bond donors (Lipinski definition) is 0. The topological polar surface area (TPSA) is 17.1 Å². The van der Waals surface area contributed by atoms with Crippen molar-refractivity contribution in [3.8, 4) is 0 Å². The highest BCUT2D eigenvalue weighted by molar-refractivity contribution is 14.1. The number of carbonyl (C=O) groups is 1. The Bertz CT molecular complexity index is 72.1. The number of carbonyl (C=O) groups excluding carboxylic acids is 1. The normalized spacial score (nSPS) is 13.6. The molecule has 0 aromatic carbocycles. The Balaban J connectivity index is 3.35. The van der Waals surface area contributed by atoms with Crippen LogP contribution in [0.5, 0.6) is 0 Å². The highest BCUT2D eigenvalue weighted by Gasteiger charge is 2.05. The zero-order valence-corrected chi connectivity index (χ0v) is 6.86. The fourth-order valence-electron chi connectivity index (χ4n) is 0.154. The summed E-state index contributed by atoms with van der Waals surface area (Å²) in [6.07, 6.45) is 0.539. The molecule has 1 unspecified atom stereocenters. The van der Waals surface area contributed by atoms with Gasteiger partial charge >= 0.3 is 0 Å². The highest BCUT2D eigenvalue weighted by atomic mass is 127. The lowest BCUT2D eigenvalue weighted by atomic mass is 10.4. The lowest BCUT2D eigenvalue weighted by Gasteiger charge is -1.91. The Kier molecular flexibility index (Phi) is 4.02. The van der Waals surface area contributed by atoms with Gasteiger partial charge in [-0.15, -0.1) is 11.6 Å². The fourth-order valence-corrected chi connectivity index (χ4v) is 0.749. The molecule has 3 heteroatoms. The summed E-state index contributed by atoms with van der Waals surface area (Å²) in [6.45, 7) is 1.80. The molecule has 0 aliphatic carbocycles. The smallest absolute Gasteiger partial charge is 0.160 e. The third-order valence-corrected chi connectivity index (χ3v) is 1.53. The average molecular weight is 232 g/mol. The van der Waals surface area contributed by atoms with Crippen molar-refractivity contribution in [1.29, 1.82) is 0 Å². The predicted octanol–water partition coefficient (Wildman–Crippen LogP) is 1.97. The molecule has 0 aliphatic rings. The van der Waals surface area contributed by atoms with Gasteiger partial charge in [0.1, 0.15) is 3.38 Å². The molecule has 0 amide bonds. The molecule has 0 saturated carbocycles. The minimum absolute atomic E-state index is 0.0993. The van der Waals surface area contributed by atoms with Crippen molar-refractivity contribution < 1.29 is 4.79 Å². The second-order valence-electron chi connectivity index (χ2n) is 1.12. The van der Waals surface area contributed by atoms with Crippen LogP contribution in [0.25, 0.3) is 0 Å². The largest absolute Gasteiger partial charge is 0.297 e. The highest BCUT2D eigenvalue weighted by Crippen LogP contribution is 2.07. The van der Waals surface area contributed by atoms with Crippen LogP contribution in [-0.2, 0) is 4.79 Å². The van der Waals surface area contributed by atoms with E-state index in [2.05, 4.69) is 0 Å². The van der Waals surface area contributed by atoms with Crippen molar-refractivity contribution in [2.24, 2.45) is 0 Å². The molecule has 0 rings (SSSR count). The Hall–Kier alpha value is 0.690. The van der Waals surface area contributed by atoms with Gasteiger partial charge in [-0.25, -0.2) is 0 Å². The number of rotatable bonds is 2. The molecular formula is C4H6ClIO. The standard InChI is InChI=1S/C4H6ClIO/c1-2-3(7)4(5)6/h4H,2H2,1H3. The average Bonchev–Trinajstić information content (AvgIpc) is 1.65. The van der Waals surface area contributed by atoms with Crippen molar-refractivity contribution in [2.45, 2.75) is 16.7 Å². The Labute approximate surface area is 61.6 Å². The van der Waals surface area contributed by atoms with E-state index in [1.165, 1.54) is 0 Å². The maximum Gasteiger partial charge on any atom is 0.160 e. The molecule has 1 nitrogen and oxygen atoms in total. The van der Waals surface area contributed by atoms with E-state index >= 15 is 0 Å². The van der Waals surface area contributed by atoms with Crippen LogP contribution in [0.4, 0.5) is 0 Å². The number of Topliss-reactive ketones (excluding diaryl/α,β-unsaturated/α-hetero) is 1. The number of ketones is 1. The maximum absolute atomic E-state index is 10.4. The van der Waals surface area contributed by atoms with Gasteiger partial charge < -0.3 is 0 Å². The van der Waals surface area contributed by atoms with Crippen LogP contribution >= 0.6 is 34.2 Å². The molecule has 7 heavy (non-hydrogen) atoms. The first-order valence-corrected chi connectivity index (χ1v) is 3.67. The van der Waals surface area contributed by atoms with E-state index in [1.54, 1.807) is 6.92 Å². The quantitative estimate of drug-likeness (QED) is 0.525. The number of halogens is 2. The van der Waals surface area contributed by atoms with Crippen molar-refractivity contribution in [3.63, 3.8) is 0 Å². The molecule has 0 fully saturated rings. The van der Waals surface area contributed by atoms with Crippen molar-refractivity contribution in [2.75, 3.05) is 0 Å². The Morgan fingerprint density at radius 3 is 2.43 bits per heavy atom. The zero-order chi connectivity index (χ0) is 5.86. The molecule has 0 radical (unpaired) electrons. The number of hydrogen-bond acceptors (Lipinski definition) is 1.